The van der Waals surface area contributed by atoms with Gasteiger partial charge in [-0.05, 0) is 48.2 Å². The zero-order valence-corrected chi connectivity index (χ0v) is 20.0. The summed E-state index contributed by atoms with van der Waals surface area (Å²) in [6, 6.07) is 15.2. The minimum Gasteiger partial charge on any atom is -0.481 e. The van der Waals surface area contributed by atoms with E-state index in [1.807, 2.05) is 50.2 Å². The van der Waals surface area contributed by atoms with Crippen LogP contribution in [0.15, 0.2) is 71.7 Å². The average Bonchev–Trinajstić information content (AvgIpc) is 2.82. The predicted octanol–water partition coefficient (Wildman–Crippen LogP) is 4.95. The van der Waals surface area contributed by atoms with E-state index < -0.39 is 29.8 Å². The highest BCUT2D eigenvalue weighted by atomic mass is 19.1. The van der Waals surface area contributed by atoms with Gasteiger partial charge < -0.3 is 15.0 Å². The quantitative estimate of drug-likeness (QED) is 0.408. The molecule has 7 heteroatoms. The van der Waals surface area contributed by atoms with Crippen molar-refractivity contribution in [2.45, 2.75) is 58.0 Å². The van der Waals surface area contributed by atoms with E-state index in [0.717, 1.165) is 17.5 Å². The number of nitrogens with one attached hydrogen (secondary N) is 1. The summed E-state index contributed by atoms with van der Waals surface area (Å²) in [6.45, 7) is 3.88. The van der Waals surface area contributed by atoms with Gasteiger partial charge in [0.1, 0.15) is 11.9 Å². The van der Waals surface area contributed by atoms with E-state index in [-0.39, 0.29) is 12.0 Å². The van der Waals surface area contributed by atoms with Gasteiger partial charge in [-0.2, -0.15) is 0 Å². The topological polar surface area (TPSA) is 88.4 Å². The number of hydrogen-bond donors (Lipinski definition) is 2. The lowest BCUT2D eigenvalue weighted by Crippen LogP contribution is -2.40. The maximum absolute atomic E-state index is 13.5. The van der Waals surface area contributed by atoms with Crippen LogP contribution in [-0.2, 0) is 16.0 Å². The first-order chi connectivity index (χ1) is 16.8. The number of carbonyl (C=O) groups is 2. The predicted molar refractivity (Wildman–Crippen MR) is 133 cm³/mol. The molecular weight excluding hydrogens is 447 g/mol. The van der Waals surface area contributed by atoms with Crippen molar-refractivity contribution in [3.8, 4) is 0 Å². The Kier molecular flexibility index (Phi) is 8.95. The Labute approximate surface area is 204 Å². The smallest absolute Gasteiger partial charge is 0.305 e. The Morgan fingerprint density at radius 1 is 1.09 bits per heavy atom. The van der Waals surface area contributed by atoms with Gasteiger partial charge >= 0.3 is 5.97 Å². The van der Waals surface area contributed by atoms with Gasteiger partial charge in [0.15, 0.2) is 0 Å². The van der Waals surface area contributed by atoms with Crippen LogP contribution >= 0.6 is 0 Å². The molecule has 1 amide bonds. The number of halogens is 1. The molecule has 0 aliphatic rings. The standard InChI is InChI=1S/C28H31FN2O4/c1-3-4-10-25(27(34)30-24(17-26(32)33)21-11-13-23(29)14-12-21)31-18-19(2)15-22(28(31)35)16-20-8-6-5-7-9-20/h5-9,11-15,18,24-25H,3-4,10,16-17H2,1-2H3,(H,30,34)(H,32,33)/t24-,25+/m0/s1. The third-order valence-electron chi connectivity index (χ3n) is 5.93. The first-order valence-electron chi connectivity index (χ1n) is 11.8. The van der Waals surface area contributed by atoms with Crippen LogP contribution in [0.3, 0.4) is 0 Å². The van der Waals surface area contributed by atoms with Crippen molar-refractivity contribution < 1.29 is 19.1 Å². The Hall–Kier alpha value is -3.74. The maximum Gasteiger partial charge on any atom is 0.305 e. The van der Waals surface area contributed by atoms with Gasteiger partial charge in [0.05, 0.1) is 12.5 Å². The largest absolute Gasteiger partial charge is 0.481 e. The maximum atomic E-state index is 13.5. The highest BCUT2D eigenvalue weighted by Gasteiger charge is 2.26. The fraction of sp³-hybridized carbons (Fsp3) is 0.321. The Morgan fingerprint density at radius 3 is 2.40 bits per heavy atom. The average molecular weight is 479 g/mol. The van der Waals surface area contributed by atoms with Crippen molar-refractivity contribution >= 4 is 11.9 Å². The number of pyridine rings is 1. The van der Waals surface area contributed by atoms with Gasteiger partial charge in [-0.15, -0.1) is 0 Å². The van der Waals surface area contributed by atoms with E-state index in [0.29, 0.717) is 30.4 Å². The highest BCUT2D eigenvalue weighted by molar-refractivity contribution is 5.81. The second-order valence-corrected chi connectivity index (χ2v) is 8.79. The first-order valence-corrected chi connectivity index (χ1v) is 11.8. The molecule has 0 radical (unpaired) electrons. The zero-order valence-electron chi connectivity index (χ0n) is 20.0. The van der Waals surface area contributed by atoms with E-state index in [1.165, 1.54) is 28.8 Å². The van der Waals surface area contributed by atoms with Crippen molar-refractivity contribution in [3.63, 3.8) is 0 Å². The van der Waals surface area contributed by atoms with Gasteiger partial charge in [-0.3, -0.25) is 14.4 Å². The minimum absolute atomic E-state index is 0.243. The van der Waals surface area contributed by atoms with E-state index in [4.69, 9.17) is 0 Å². The molecule has 1 aromatic heterocycles. The summed E-state index contributed by atoms with van der Waals surface area (Å²) in [5.74, 6) is -1.98. The number of amides is 1. The van der Waals surface area contributed by atoms with Crippen molar-refractivity contribution in [2.75, 3.05) is 0 Å². The van der Waals surface area contributed by atoms with Crippen molar-refractivity contribution in [2.24, 2.45) is 0 Å². The molecule has 1 heterocycles. The summed E-state index contributed by atoms with van der Waals surface area (Å²) in [5, 5.41) is 12.2. The number of carbonyl (C=O) groups excluding carboxylic acids is 1. The molecule has 0 unspecified atom stereocenters. The second kappa shape index (κ2) is 12.1. The summed E-state index contributed by atoms with van der Waals surface area (Å²) in [4.78, 5) is 38.4. The summed E-state index contributed by atoms with van der Waals surface area (Å²) in [6.07, 6.45) is 3.74. The SMILES string of the molecule is CCCC[C@H](C(=O)N[C@@H](CC(=O)O)c1ccc(F)cc1)n1cc(C)cc(Cc2ccccc2)c1=O. The van der Waals surface area contributed by atoms with Crippen LogP contribution in [-0.4, -0.2) is 21.6 Å². The Morgan fingerprint density at radius 2 is 1.77 bits per heavy atom. The number of unbranched alkanes of at least 4 members (excludes halogenated alkanes) is 1. The molecule has 3 rings (SSSR count). The van der Waals surface area contributed by atoms with Gasteiger partial charge in [0, 0.05) is 18.2 Å². The number of rotatable bonds is 11. The van der Waals surface area contributed by atoms with Gasteiger partial charge in [-0.25, -0.2) is 4.39 Å². The van der Waals surface area contributed by atoms with Crippen molar-refractivity contribution in [3.05, 3.63) is 105 Å². The number of carboxylic acids is 1. The van der Waals surface area contributed by atoms with Crippen LogP contribution in [0.25, 0.3) is 0 Å². The molecule has 0 fully saturated rings. The van der Waals surface area contributed by atoms with E-state index in [1.54, 1.807) is 6.20 Å². The van der Waals surface area contributed by atoms with Gasteiger partial charge in [0.25, 0.3) is 5.56 Å². The number of nitrogens with zero attached hydrogens (tertiary/aromatic N) is 1. The molecule has 6 nitrogen and oxygen atoms in total. The van der Waals surface area contributed by atoms with Gasteiger partial charge in [-0.1, -0.05) is 62.2 Å². The molecule has 2 N–H and O–H groups in total. The van der Waals surface area contributed by atoms with Gasteiger partial charge in [0.2, 0.25) is 5.91 Å². The molecule has 35 heavy (non-hydrogen) atoms. The number of carboxylic acid groups (broad SMARTS) is 1. The lowest BCUT2D eigenvalue weighted by atomic mass is 10.0. The minimum atomic E-state index is -1.09. The van der Waals surface area contributed by atoms with E-state index >= 15 is 0 Å². The summed E-state index contributed by atoms with van der Waals surface area (Å²) < 4.78 is 14.9. The molecule has 2 atom stereocenters. The van der Waals surface area contributed by atoms with Crippen LogP contribution in [0.1, 0.15) is 66.9 Å². The molecule has 0 saturated heterocycles. The number of hydrogen-bond acceptors (Lipinski definition) is 3. The Balaban J connectivity index is 1.95. The number of benzene rings is 2. The zero-order chi connectivity index (χ0) is 25.4. The second-order valence-electron chi connectivity index (χ2n) is 8.79. The van der Waals surface area contributed by atoms with Crippen molar-refractivity contribution in [1.29, 1.82) is 0 Å². The van der Waals surface area contributed by atoms with Crippen LogP contribution in [0.2, 0.25) is 0 Å². The summed E-state index contributed by atoms with van der Waals surface area (Å²) in [7, 11) is 0. The van der Waals surface area contributed by atoms with Crippen LogP contribution in [0.4, 0.5) is 4.39 Å². The molecule has 0 bridgehead atoms. The molecule has 0 aliphatic heterocycles. The fourth-order valence-corrected chi connectivity index (χ4v) is 4.18. The lowest BCUT2D eigenvalue weighted by molar-refractivity contribution is -0.137. The van der Waals surface area contributed by atoms with Crippen LogP contribution in [0, 0.1) is 12.7 Å². The number of aromatic nitrogens is 1. The molecule has 0 spiro atoms. The highest BCUT2D eigenvalue weighted by Crippen LogP contribution is 2.22. The molecular formula is C28H31FN2O4. The molecule has 184 valence electrons. The summed E-state index contributed by atoms with van der Waals surface area (Å²) >= 11 is 0. The molecule has 0 aliphatic carbocycles. The fourth-order valence-electron chi connectivity index (χ4n) is 4.18. The Bertz CT molecular complexity index is 1210. The normalized spacial score (nSPS) is 12.7. The van der Waals surface area contributed by atoms with Crippen LogP contribution < -0.4 is 10.9 Å². The molecule has 0 saturated carbocycles. The van der Waals surface area contributed by atoms with E-state index in [9.17, 15) is 23.9 Å². The van der Waals surface area contributed by atoms with E-state index in [2.05, 4.69) is 5.32 Å². The first kappa shape index (κ1) is 25.9. The monoisotopic (exact) mass is 478 g/mol. The third-order valence-corrected chi connectivity index (χ3v) is 5.93. The lowest BCUT2D eigenvalue weighted by Gasteiger charge is -2.24. The number of aliphatic carboxylic acids is 1. The molecule has 3 aromatic rings. The summed E-state index contributed by atoms with van der Waals surface area (Å²) in [5.41, 5.74) is 2.68. The third kappa shape index (κ3) is 7.12. The van der Waals surface area contributed by atoms with Crippen LogP contribution in [0.5, 0.6) is 0 Å². The van der Waals surface area contributed by atoms with Crippen molar-refractivity contribution in [1.82, 2.24) is 9.88 Å². The molecule has 2 aromatic carbocycles. The number of aryl methyl sites for hydroxylation is 1.